The summed E-state index contributed by atoms with van der Waals surface area (Å²) >= 11 is 0. The fourth-order valence-corrected chi connectivity index (χ4v) is 1.35. The van der Waals surface area contributed by atoms with Gasteiger partial charge >= 0.3 is 6.18 Å². The van der Waals surface area contributed by atoms with Crippen molar-refractivity contribution in [3.05, 3.63) is 0 Å². The third-order valence-electron chi connectivity index (χ3n) is 2.57. The van der Waals surface area contributed by atoms with Crippen LogP contribution in [0.1, 0.15) is 32.6 Å². The Morgan fingerprint density at radius 1 is 1.43 bits per heavy atom. The average Bonchev–Trinajstić information content (AvgIpc) is 1.98. The van der Waals surface area contributed by atoms with E-state index in [-0.39, 0.29) is 12.5 Å². The molecular weight excluding hydrogens is 195 g/mol. The molecule has 1 fully saturated rings. The van der Waals surface area contributed by atoms with Crippen LogP contribution in [-0.4, -0.2) is 24.4 Å². The second kappa shape index (κ2) is 4.49. The van der Waals surface area contributed by atoms with Gasteiger partial charge in [-0.3, -0.25) is 0 Å². The highest BCUT2D eigenvalue weighted by Crippen LogP contribution is 2.31. The van der Waals surface area contributed by atoms with E-state index in [1.807, 2.05) is 0 Å². The predicted molar refractivity (Wildman–Crippen MR) is 46.8 cm³/mol. The first-order valence-electron chi connectivity index (χ1n) is 4.93. The van der Waals surface area contributed by atoms with Gasteiger partial charge in [-0.05, 0) is 25.7 Å². The summed E-state index contributed by atoms with van der Waals surface area (Å²) in [6.07, 6.45) is -3.69. The van der Waals surface area contributed by atoms with Crippen LogP contribution in [0.15, 0.2) is 0 Å². The largest absolute Gasteiger partial charge is 0.416 e. The molecule has 0 saturated heterocycles. The molecule has 0 aromatic carbocycles. The lowest BCUT2D eigenvalue weighted by atomic mass is 9.95. The topological polar surface area (TPSA) is 35.2 Å². The van der Waals surface area contributed by atoms with Crippen LogP contribution in [0.25, 0.3) is 0 Å². The molecule has 0 spiro atoms. The minimum Gasteiger partial charge on any atom is -0.364 e. The second-order valence-corrected chi connectivity index (χ2v) is 3.72. The smallest absolute Gasteiger partial charge is 0.364 e. The maximum Gasteiger partial charge on any atom is 0.416 e. The third-order valence-corrected chi connectivity index (χ3v) is 2.57. The highest BCUT2D eigenvalue weighted by molar-refractivity contribution is 4.82. The lowest BCUT2D eigenvalue weighted by Gasteiger charge is -2.33. The molecule has 0 aromatic rings. The zero-order chi connectivity index (χ0) is 10.8. The van der Waals surface area contributed by atoms with Crippen molar-refractivity contribution >= 4 is 0 Å². The Morgan fingerprint density at radius 2 is 2.00 bits per heavy atom. The number of halogens is 3. The molecule has 0 radical (unpaired) electrons. The number of alkyl halides is 3. The molecule has 0 aromatic heterocycles. The highest BCUT2D eigenvalue weighted by atomic mass is 19.4. The van der Waals surface area contributed by atoms with E-state index in [2.05, 4.69) is 0 Å². The first-order chi connectivity index (χ1) is 6.45. The van der Waals surface area contributed by atoms with Crippen molar-refractivity contribution in [1.82, 2.24) is 0 Å². The van der Waals surface area contributed by atoms with Gasteiger partial charge in [0.05, 0.1) is 6.10 Å². The van der Waals surface area contributed by atoms with Crippen LogP contribution >= 0.6 is 0 Å². The van der Waals surface area contributed by atoms with Gasteiger partial charge in [0.25, 0.3) is 0 Å². The van der Waals surface area contributed by atoms with Gasteiger partial charge in [-0.25, -0.2) is 0 Å². The molecule has 2 nitrogen and oxygen atoms in total. The summed E-state index contributed by atoms with van der Waals surface area (Å²) in [7, 11) is 0. The molecule has 84 valence electrons. The summed E-state index contributed by atoms with van der Waals surface area (Å²) in [6.45, 7) is 1.63. The lowest BCUT2D eigenvalue weighted by Crippen LogP contribution is -2.49. The van der Waals surface area contributed by atoms with Crippen LogP contribution in [0.2, 0.25) is 0 Å². The Morgan fingerprint density at radius 3 is 2.29 bits per heavy atom. The van der Waals surface area contributed by atoms with Crippen LogP contribution in [-0.2, 0) is 4.74 Å². The standard InChI is InChI=1S/C9H16F3NO/c1-2-7(13)8(9(10,11)12)14-6-4-3-5-6/h6-8H,2-5,13H2,1H3. The molecule has 1 saturated carbocycles. The van der Waals surface area contributed by atoms with Crippen LogP contribution in [0.5, 0.6) is 0 Å². The first-order valence-corrected chi connectivity index (χ1v) is 4.93. The summed E-state index contributed by atoms with van der Waals surface area (Å²) in [4.78, 5) is 0. The molecule has 2 N–H and O–H groups in total. The van der Waals surface area contributed by atoms with Gasteiger partial charge in [0, 0.05) is 6.04 Å². The fourth-order valence-electron chi connectivity index (χ4n) is 1.35. The molecule has 0 heterocycles. The van der Waals surface area contributed by atoms with E-state index in [1.165, 1.54) is 0 Å². The summed E-state index contributed by atoms with van der Waals surface area (Å²) in [6, 6.07) is -0.949. The maximum absolute atomic E-state index is 12.5. The minimum atomic E-state index is -4.34. The molecular formula is C9H16F3NO. The monoisotopic (exact) mass is 211 g/mol. The number of ether oxygens (including phenoxy) is 1. The predicted octanol–water partition coefficient (Wildman–Crippen LogP) is 2.22. The molecule has 1 aliphatic rings. The zero-order valence-electron chi connectivity index (χ0n) is 8.18. The van der Waals surface area contributed by atoms with Crippen molar-refractivity contribution in [3.8, 4) is 0 Å². The second-order valence-electron chi connectivity index (χ2n) is 3.72. The van der Waals surface area contributed by atoms with E-state index >= 15 is 0 Å². The fraction of sp³-hybridized carbons (Fsp3) is 1.00. The van der Waals surface area contributed by atoms with Crippen molar-refractivity contribution in [2.75, 3.05) is 0 Å². The summed E-state index contributed by atoms with van der Waals surface area (Å²) < 4.78 is 42.4. The van der Waals surface area contributed by atoms with Gasteiger partial charge < -0.3 is 10.5 Å². The molecule has 0 amide bonds. The van der Waals surface area contributed by atoms with Gasteiger partial charge in [-0.15, -0.1) is 0 Å². The molecule has 2 unspecified atom stereocenters. The summed E-state index contributed by atoms with van der Waals surface area (Å²) in [5.41, 5.74) is 5.39. The Bertz CT molecular complexity index is 179. The van der Waals surface area contributed by atoms with Crippen LogP contribution in [0.3, 0.4) is 0 Å². The van der Waals surface area contributed by atoms with Crippen molar-refractivity contribution in [1.29, 1.82) is 0 Å². The molecule has 0 bridgehead atoms. The first kappa shape index (κ1) is 11.8. The van der Waals surface area contributed by atoms with E-state index < -0.39 is 18.3 Å². The number of rotatable bonds is 4. The molecule has 0 aliphatic heterocycles. The molecule has 5 heteroatoms. The van der Waals surface area contributed by atoms with E-state index in [9.17, 15) is 13.2 Å². The van der Waals surface area contributed by atoms with E-state index in [4.69, 9.17) is 10.5 Å². The summed E-state index contributed by atoms with van der Waals surface area (Å²) in [5.74, 6) is 0. The number of hydrogen-bond donors (Lipinski definition) is 1. The maximum atomic E-state index is 12.5. The van der Waals surface area contributed by atoms with Gasteiger partial charge in [0.2, 0.25) is 0 Å². The Kier molecular flexibility index (Phi) is 3.78. The molecule has 1 rings (SSSR count). The Hall–Kier alpha value is -0.290. The normalized spacial score (nSPS) is 22.9. The van der Waals surface area contributed by atoms with Crippen molar-refractivity contribution in [2.24, 2.45) is 5.73 Å². The van der Waals surface area contributed by atoms with Crippen LogP contribution in [0.4, 0.5) is 13.2 Å². The molecule has 2 atom stereocenters. The minimum absolute atomic E-state index is 0.237. The van der Waals surface area contributed by atoms with Gasteiger partial charge in [-0.1, -0.05) is 6.92 Å². The van der Waals surface area contributed by atoms with Crippen molar-refractivity contribution < 1.29 is 17.9 Å². The van der Waals surface area contributed by atoms with Gasteiger partial charge in [-0.2, -0.15) is 13.2 Å². The van der Waals surface area contributed by atoms with E-state index in [1.54, 1.807) is 6.92 Å². The van der Waals surface area contributed by atoms with E-state index in [0.29, 0.717) is 0 Å². The van der Waals surface area contributed by atoms with Crippen LogP contribution in [0, 0.1) is 0 Å². The molecule has 1 aliphatic carbocycles. The quantitative estimate of drug-likeness (QED) is 0.773. The van der Waals surface area contributed by atoms with Crippen LogP contribution < -0.4 is 5.73 Å². The SMILES string of the molecule is CCC(N)C(OC1CCC1)C(F)(F)F. The van der Waals surface area contributed by atoms with Crippen molar-refractivity contribution in [3.63, 3.8) is 0 Å². The highest BCUT2D eigenvalue weighted by Gasteiger charge is 2.45. The zero-order valence-corrected chi connectivity index (χ0v) is 8.18. The molecule has 14 heavy (non-hydrogen) atoms. The summed E-state index contributed by atoms with van der Waals surface area (Å²) in [5, 5.41) is 0. The Balaban J connectivity index is 2.51. The third kappa shape index (κ3) is 2.85. The van der Waals surface area contributed by atoms with Gasteiger partial charge in [0.1, 0.15) is 0 Å². The number of nitrogens with two attached hydrogens (primary N) is 1. The van der Waals surface area contributed by atoms with E-state index in [0.717, 1.165) is 19.3 Å². The number of hydrogen-bond acceptors (Lipinski definition) is 2. The van der Waals surface area contributed by atoms with Gasteiger partial charge in [0.15, 0.2) is 6.10 Å². The Labute approximate surface area is 81.6 Å². The average molecular weight is 211 g/mol. The lowest BCUT2D eigenvalue weighted by molar-refractivity contribution is -0.246. The van der Waals surface area contributed by atoms with Crippen molar-refractivity contribution in [2.45, 2.75) is 57.0 Å².